The highest BCUT2D eigenvalue weighted by atomic mass is 16.5. The van der Waals surface area contributed by atoms with Crippen molar-refractivity contribution in [3.63, 3.8) is 0 Å². The lowest BCUT2D eigenvalue weighted by atomic mass is 9.85. The summed E-state index contributed by atoms with van der Waals surface area (Å²) >= 11 is 0. The molecule has 0 bridgehead atoms. The Kier molecular flexibility index (Phi) is 10.4. The number of aliphatic hydroxyl groups excluding tert-OH is 1. The van der Waals surface area contributed by atoms with Gasteiger partial charge in [-0.25, -0.2) is 9.97 Å². The fraction of sp³-hybridized carbons (Fsp3) is 0.667. The summed E-state index contributed by atoms with van der Waals surface area (Å²) in [7, 11) is 3.44. The SMILES string of the molecule is COCCN(CCOC)C1CC(Nc2cc(C(=O)NCC(O)CN3CCC4=CCCC=C4C3)ncn2)C1. The molecule has 0 radical (unpaired) electrons. The Hall–Kier alpha value is -2.37. The fourth-order valence-electron chi connectivity index (χ4n) is 5.29. The number of anilines is 1. The first kappa shape index (κ1) is 27.7. The molecule has 1 saturated carbocycles. The molecule has 0 aromatic carbocycles. The normalized spacial score (nSPS) is 22.5. The fourth-order valence-corrected chi connectivity index (χ4v) is 5.29. The van der Waals surface area contributed by atoms with E-state index in [9.17, 15) is 9.90 Å². The zero-order chi connectivity index (χ0) is 26.0. The topological polar surface area (TPSA) is 112 Å². The quantitative estimate of drug-likeness (QED) is 0.340. The molecule has 1 saturated heterocycles. The number of rotatable bonds is 14. The van der Waals surface area contributed by atoms with Gasteiger partial charge in [-0.3, -0.25) is 14.6 Å². The summed E-state index contributed by atoms with van der Waals surface area (Å²) in [5, 5.41) is 16.8. The molecule has 10 heteroatoms. The molecule has 2 heterocycles. The van der Waals surface area contributed by atoms with Gasteiger partial charge in [0, 0.05) is 71.6 Å². The molecular formula is C27H42N6O4. The smallest absolute Gasteiger partial charge is 0.270 e. The standard InChI is InChI=1S/C27H42N6O4/c1-36-11-9-33(10-12-37-2)23-13-22(14-23)31-26-15-25(29-19-30-26)27(35)28-16-24(34)18-32-8-7-20-5-3-4-6-21(20)17-32/h5-6,15,19,22-24,34H,3-4,7-14,16-18H2,1-2H3,(H,28,35)(H,29,30,31). The number of piperidine rings is 1. The summed E-state index contributed by atoms with van der Waals surface area (Å²) in [5.74, 6) is 0.336. The van der Waals surface area contributed by atoms with E-state index in [1.54, 1.807) is 20.3 Å². The van der Waals surface area contributed by atoms with Gasteiger partial charge in [0.2, 0.25) is 0 Å². The summed E-state index contributed by atoms with van der Waals surface area (Å²) < 4.78 is 10.5. The number of allylic oxidation sites excluding steroid dienone is 2. The molecule has 1 atom stereocenters. The Labute approximate surface area is 220 Å². The summed E-state index contributed by atoms with van der Waals surface area (Å²) in [4.78, 5) is 25.8. The van der Waals surface area contributed by atoms with Gasteiger partial charge < -0.3 is 25.2 Å². The Morgan fingerprint density at radius 1 is 1.16 bits per heavy atom. The highest BCUT2D eigenvalue weighted by molar-refractivity contribution is 5.92. The summed E-state index contributed by atoms with van der Waals surface area (Å²) in [6, 6.07) is 2.45. The molecule has 37 heavy (non-hydrogen) atoms. The molecule has 2 fully saturated rings. The lowest BCUT2D eigenvalue weighted by Crippen LogP contribution is -2.51. The summed E-state index contributed by atoms with van der Waals surface area (Å²) in [6.45, 7) is 5.70. The van der Waals surface area contributed by atoms with Crippen molar-refractivity contribution in [3.05, 3.63) is 41.4 Å². The lowest BCUT2D eigenvalue weighted by molar-refractivity contribution is 0.0546. The van der Waals surface area contributed by atoms with E-state index in [0.29, 0.717) is 43.4 Å². The van der Waals surface area contributed by atoms with Crippen molar-refractivity contribution in [1.82, 2.24) is 25.1 Å². The van der Waals surface area contributed by atoms with Crippen LogP contribution in [0.2, 0.25) is 0 Å². The van der Waals surface area contributed by atoms with Crippen molar-refractivity contribution in [2.24, 2.45) is 0 Å². The summed E-state index contributed by atoms with van der Waals surface area (Å²) in [6.07, 6.45) is 10.7. The number of hydrogen-bond donors (Lipinski definition) is 3. The molecule has 1 unspecified atom stereocenters. The Balaban J connectivity index is 1.19. The average molecular weight is 515 g/mol. The van der Waals surface area contributed by atoms with Gasteiger partial charge in [-0.15, -0.1) is 0 Å². The van der Waals surface area contributed by atoms with Crippen molar-refractivity contribution >= 4 is 11.7 Å². The number of nitrogens with zero attached hydrogens (tertiary/aromatic N) is 4. The van der Waals surface area contributed by atoms with Crippen molar-refractivity contribution in [3.8, 4) is 0 Å². The third-order valence-electron chi connectivity index (χ3n) is 7.47. The highest BCUT2D eigenvalue weighted by Gasteiger charge is 2.33. The molecule has 10 nitrogen and oxygen atoms in total. The first-order chi connectivity index (χ1) is 18.1. The maximum atomic E-state index is 12.7. The molecule has 1 amide bonds. The van der Waals surface area contributed by atoms with Crippen molar-refractivity contribution < 1.29 is 19.4 Å². The predicted octanol–water partition coefficient (Wildman–Crippen LogP) is 1.46. The van der Waals surface area contributed by atoms with E-state index >= 15 is 0 Å². The third kappa shape index (κ3) is 8.05. The summed E-state index contributed by atoms with van der Waals surface area (Å²) in [5.41, 5.74) is 3.15. The van der Waals surface area contributed by atoms with E-state index in [2.05, 4.69) is 42.6 Å². The number of β-amino-alcohol motifs (C(OH)–C–C–N with tert-alkyl or cyclic N) is 1. The van der Waals surface area contributed by atoms with Crippen LogP contribution in [0.15, 0.2) is 35.7 Å². The number of carbonyl (C=O) groups excluding carboxylic acids is 1. The zero-order valence-electron chi connectivity index (χ0n) is 22.2. The zero-order valence-corrected chi connectivity index (χ0v) is 22.2. The van der Waals surface area contributed by atoms with E-state index in [0.717, 1.165) is 58.3 Å². The van der Waals surface area contributed by atoms with Crippen LogP contribution in [0.25, 0.3) is 0 Å². The molecule has 1 aromatic rings. The van der Waals surface area contributed by atoms with Crippen LogP contribution in [-0.4, -0.2) is 116 Å². The number of aromatic nitrogens is 2. The van der Waals surface area contributed by atoms with Crippen LogP contribution >= 0.6 is 0 Å². The van der Waals surface area contributed by atoms with E-state index in [4.69, 9.17) is 9.47 Å². The van der Waals surface area contributed by atoms with Gasteiger partial charge in [-0.1, -0.05) is 12.2 Å². The highest BCUT2D eigenvalue weighted by Crippen LogP contribution is 2.28. The minimum Gasteiger partial charge on any atom is -0.390 e. The second kappa shape index (κ2) is 14.0. The van der Waals surface area contributed by atoms with Crippen LogP contribution in [0.5, 0.6) is 0 Å². The first-order valence-electron chi connectivity index (χ1n) is 13.4. The van der Waals surface area contributed by atoms with Gasteiger partial charge >= 0.3 is 0 Å². The molecule has 4 rings (SSSR count). The monoisotopic (exact) mass is 514 g/mol. The second-order valence-electron chi connectivity index (χ2n) is 10.2. The van der Waals surface area contributed by atoms with Crippen LogP contribution < -0.4 is 10.6 Å². The van der Waals surface area contributed by atoms with E-state index in [1.165, 1.54) is 17.5 Å². The van der Waals surface area contributed by atoms with Crippen LogP contribution in [0.1, 0.15) is 42.6 Å². The number of amides is 1. The molecule has 2 aliphatic carbocycles. The van der Waals surface area contributed by atoms with E-state index in [-0.39, 0.29) is 12.5 Å². The molecule has 1 aromatic heterocycles. The van der Waals surface area contributed by atoms with Crippen LogP contribution in [-0.2, 0) is 9.47 Å². The average Bonchev–Trinajstić information content (AvgIpc) is 2.90. The lowest BCUT2D eigenvalue weighted by Gasteiger charge is -2.43. The number of ether oxygens (including phenoxy) is 2. The number of hydrogen-bond acceptors (Lipinski definition) is 9. The molecule has 3 N–H and O–H groups in total. The Bertz CT molecular complexity index is 941. The third-order valence-corrected chi connectivity index (χ3v) is 7.47. The minimum absolute atomic E-state index is 0.187. The van der Waals surface area contributed by atoms with Gasteiger partial charge in [-0.2, -0.15) is 0 Å². The Morgan fingerprint density at radius 3 is 2.62 bits per heavy atom. The van der Waals surface area contributed by atoms with Gasteiger partial charge in [-0.05, 0) is 43.3 Å². The largest absolute Gasteiger partial charge is 0.390 e. The van der Waals surface area contributed by atoms with Gasteiger partial charge in [0.25, 0.3) is 5.91 Å². The molecule has 3 aliphatic rings. The maximum Gasteiger partial charge on any atom is 0.270 e. The number of fused-ring (bicyclic) bond motifs is 1. The molecule has 1 aliphatic heterocycles. The van der Waals surface area contributed by atoms with E-state index < -0.39 is 6.10 Å². The minimum atomic E-state index is -0.635. The van der Waals surface area contributed by atoms with Crippen molar-refractivity contribution in [2.75, 3.05) is 72.0 Å². The predicted molar refractivity (Wildman–Crippen MR) is 143 cm³/mol. The van der Waals surface area contributed by atoms with Crippen LogP contribution in [0.4, 0.5) is 5.82 Å². The van der Waals surface area contributed by atoms with Crippen LogP contribution in [0.3, 0.4) is 0 Å². The van der Waals surface area contributed by atoms with Crippen molar-refractivity contribution in [2.45, 2.75) is 50.3 Å². The van der Waals surface area contributed by atoms with Gasteiger partial charge in [0.05, 0.1) is 19.3 Å². The second-order valence-corrected chi connectivity index (χ2v) is 10.2. The van der Waals surface area contributed by atoms with E-state index in [1.807, 2.05) is 0 Å². The molecular weight excluding hydrogens is 472 g/mol. The number of methoxy groups -OCH3 is 2. The van der Waals surface area contributed by atoms with Crippen LogP contribution in [0, 0.1) is 0 Å². The van der Waals surface area contributed by atoms with Crippen molar-refractivity contribution in [1.29, 1.82) is 0 Å². The number of aliphatic hydroxyl groups is 1. The van der Waals surface area contributed by atoms with Gasteiger partial charge in [0.15, 0.2) is 0 Å². The molecule has 0 spiro atoms. The molecule has 204 valence electrons. The number of nitrogens with one attached hydrogen (secondary N) is 2. The number of carbonyl (C=O) groups is 1. The Morgan fingerprint density at radius 2 is 1.89 bits per heavy atom. The first-order valence-corrected chi connectivity index (χ1v) is 13.4. The number of likely N-dealkylation sites (tertiary alicyclic amines) is 1. The van der Waals surface area contributed by atoms with Gasteiger partial charge in [0.1, 0.15) is 17.8 Å². The maximum absolute atomic E-state index is 12.7.